The highest BCUT2D eigenvalue weighted by Gasteiger charge is 2.31. The minimum Gasteiger partial charge on any atom is -0.468 e. The molecule has 0 fully saturated rings. The highest BCUT2D eigenvalue weighted by atomic mass is 16.5. The quantitative estimate of drug-likeness (QED) is 0.480. The van der Waals surface area contributed by atoms with Crippen LogP contribution < -0.4 is 5.73 Å². The van der Waals surface area contributed by atoms with E-state index in [0.717, 1.165) is 16.7 Å². The number of hydrogen-bond acceptors (Lipinski definition) is 5. The van der Waals surface area contributed by atoms with Crippen LogP contribution in [-0.4, -0.2) is 36.7 Å². The molecule has 0 aliphatic carbocycles. The predicted molar refractivity (Wildman–Crippen MR) is 122 cm³/mol. The van der Waals surface area contributed by atoms with E-state index < -0.39 is 12.0 Å². The van der Waals surface area contributed by atoms with Crippen LogP contribution in [-0.2, 0) is 34.0 Å². The van der Waals surface area contributed by atoms with Gasteiger partial charge in [0.1, 0.15) is 6.04 Å². The fourth-order valence-electron chi connectivity index (χ4n) is 3.53. The lowest BCUT2D eigenvalue weighted by Gasteiger charge is -2.34. The lowest BCUT2D eigenvalue weighted by molar-refractivity contribution is -0.145. The number of carbonyl (C=O) groups excluding carboxylic acids is 1. The molecule has 0 radical (unpaired) electrons. The molecule has 0 saturated carbocycles. The summed E-state index contributed by atoms with van der Waals surface area (Å²) in [6.07, 6.45) is 0. The molecule has 0 amide bonds. The molecule has 0 bridgehead atoms. The molecule has 162 valence electrons. The van der Waals surface area contributed by atoms with E-state index >= 15 is 0 Å². The molecule has 3 rings (SSSR count). The first-order valence-corrected chi connectivity index (χ1v) is 10.4. The van der Waals surface area contributed by atoms with Crippen LogP contribution in [0.15, 0.2) is 91.0 Å². The second-order valence-electron chi connectivity index (χ2n) is 7.49. The van der Waals surface area contributed by atoms with Crippen molar-refractivity contribution in [1.82, 2.24) is 4.90 Å². The number of benzene rings is 3. The van der Waals surface area contributed by atoms with E-state index in [1.54, 1.807) is 0 Å². The van der Waals surface area contributed by atoms with E-state index in [0.29, 0.717) is 26.3 Å². The zero-order valence-electron chi connectivity index (χ0n) is 17.9. The van der Waals surface area contributed by atoms with Crippen LogP contribution in [0.3, 0.4) is 0 Å². The lowest BCUT2D eigenvalue weighted by Crippen LogP contribution is -2.54. The van der Waals surface area contributed by atoms with Crippen molar-refractivity contribution in [1.29, 1.82) is 0 Å². The van der Waals surface area contributed by atoms with Gasteiger partial charge in [-0.2, -0.15) is 0 Å². The number of ether oxygens (including phenoxy) is 2. The number of nitrogens with two attached hydrogens (primary N) is 1. The van der Waals surface area contributed by atoms with Gasteiger partial charge in [0, 0.05) is 13.1 Å². The topological polar surface area (TPSA) is 64.8 Å². The summed E-state index contributed by atoms with van der Waals surface area (Å²) in [5.41, 5.74) is 9.72. The Morgan fingerprint density at radius 2 is 1.26 bits per heavy atom. The Morgan fingerprint density at radius 3 is 1.71 bits per heavy atom. The Balaban J connectivity index is 1.81. The van der Waals surface area contributed by atoms with Crippen LogP contribution in [0.5, 0.6) is 0 Å². The molecule has 3 aromatic carbocycles. The molecule has 2 atom stereocenters. The van der Waals surface area contributed by atoms with Gasteiger partial charge < -0.3 is 15.2 Å². The van der Waals surface area contributed by atoms with Crippen molar-refractivity contribution in [2.24, 2.45) is 5.73 Å². The highest BCUT2D eigenvalue weighted by molar-refractivity contribution is 5.76. The first-order valence-electron chi connectivity index (χ1n) is 10.4. The molecule has 0 aliphatic rings. The van der Waals surface area contributed by atoms with Crippen molar-refractivity contribution in [3.05, 3.63) is 108 Å². The van der Waals surface area contributed by atoms with Gasteiger partial charge in [-0.1, -0.05) is 91.0 Å². The Hall–Kier alpha value is -2.99. The van der Waals surface area contributed by atoms with Crippen LogP contribution in [0.2, 0.25) is 0 Å². The van der Waals surface area contributed by atoms with E-state index in [9.17, 15) is 4.79 Å². The molecule has 5 nitrogen and oxygen atoms in total. The molecular weight excluding hydrogens is 388 g/mol. The van der Waals surface area contributed by atoms with Gasteiger partial charge in [0.15, 0.2) is 0 Å². The number of nitrogens with zero attached hydrogens (tertiary/aromatic N) is 1. The van der Waals surface area contributed by atoms with Gasteiger partial charge in [-0.05, 0) is 16.7 Å². The Labute approximate surface area is 184 Å². The van der Waals surface area contributed by atoms with E-state index in [1.807, 2.05) is 66.7 Å². The van der Waals surface area contributed by atoms with Crippen LogP contribution in [0.25, 0.3) is 0 Å². The summed E-state index contributed by atoms with van der Waals surface area (Å²) in [4.78, 5) is 14.6. The number of esters is 1. The van der Waals surface area contributed by atoms with Crippen LogP contribution in [0.1, 0.15) is 16.7 Å². The van der Waals surface area contributed by atoms with Crippen LogP contribution >= 0.6 is 0 Å². The Bertz CT molecular complexity index is 862. The molecule has 31 heavy (non-hydrogen) atoms. The van der Waals surface area contributed by atoms with Crippen molar-refractivity contribution in [3.8, 4) is 0 Å². The zero-order chi connectivity index (χ0) is 21.9. The maximum absolute atomic E-state index is 12.4. The SMILES string of the molecule is COC(=O)[C@@H](N)[C@H](COCc1ccccc1)N(Cc1ccccc1)Cc1ccccc1. The number of rotatable bonds is 11. The van der Waals surface area contributed by atoms with Crippen molar-refractivity contribution in [2.75, 3.05) is 13.7 Å². The van der Waals surface area contributed by atoms with Gasteiger partial charge >= 0.3 is 5.97 Å². The van der Waals surface area contributed by atoms with Crippen molar-refractivity contribution in [3.63, 3.8) is 0 Å². The van der Waals surface area contributed by atoms with E-state index in [1.165, 1.54) is 7.11 Å². The zero-order valence-corrected chi connectivity index (χ0v) is 17.9. The Kier molecular flexibility index (Phi) is 8.79. The highest BCUT2D eigenvalue weighted by Crippen LogP contribution is 2.17. The first kappa shape index (κ1) is 22.7. The predicted octanol–water partition coefficient (Wildman–Crippen LogP) is 3.77. The monoisotopic (exact) mass is 418 g/mol. The van der Waals surface area contributed by atoms with Gasteiger partial charge in [0.05, 0.1) is 26.4 Å². The fourth-order valence-corrected chi connectivity index (χ4v) is 3.53. The van der Waals surface area contributed by atoms with Gasteiger partial charge in [-0.3, -0.25) is 9.69 Å². The summed E-state index contributed by atoms with van der Waals surface area (Å²) < 4.78 is 11.0. The van der Waals surface area contributed by atoms with E-state index in [4.69, 9.17) is 15.2 Å². The molecular formula is C26H30N2O3. The largest absolute Gasteiger partial charge is 0.468 e. The van der Waals surface area contributed by atoms with Crippen molar-refractivity contribution in [2.45, 2.75) is 31.8 Å². The van der Waals surface area contributed by atoms with Gasteiger partial charge in [0.2, 0.25) is 0 Å². The molecule has 0 aromatic heterocycles. The van der Waals surface area contributed by atoms with Gasteiger partial charge in [-0.15, -0.1) is 0 Å². The molecule has 3 aromatic rings. The standard InChI is InChI=1S/C26H30N2O3/c1-30-26(29)25(27)24(20-31-19-23-15-9-4-10-16-23)28(17-21-11-5-2-6-12-21)18-22-13-7-3-8-14-22/h2-16,24-25H,17-20,27H2,1H3/t24-,25-/m0/s1. The normalized spacial score (nSPS) is 13.0. The maximum atomic E-state index is 12.4. The molecule has 0 aliphatic heterocycles. The van der Waals surface area contributed by atoms with Gasteiger partial charge in [0.25, 0.3) is 0 Å². The average Bonchev–Trinajstić information content (AvgIpc) is 2.82. The number of carbonyl (C=O) groups is 1. The summed E-state index contributed by atoms with van der Waals surface area (Å²) in [7, 11) is 1.36. The number of methoxy groups -OCH3 is 1. The fraction of sp³-hybridized carbons (Fsp3) is 0.269. The smallest absolute Gasteiger partial charge is 0.324 e. The summed E-state index contributed by atoms with van der Waals surface area (Å²) in [5.74, 6) is -0.445. The third kappa shape index (κ3) is 7.03. The molecule has 0 spiro atoms. The first-order chi connectivity index (χ1) is 15.2. The maximum Gasteiger partial charge on any atom is 0.324 e. The van der Waals surface area contributed by atoms with E-state index in [2.05, 4.69) is 29.2 Å². The summed E-state index contributed by atoms with van der Waals surface area (Å²) in [6, 6.07) is 29.1. The minimum absolute atomic E-state index is 0.310. The number of hydrogen-bond donors (Lipinski definition) is 1. The second-order valence-corrected chi connectivity index (χ2v) is 7.49. The third-order valence-corrected chi connectivity index (χ3v) is 5.21. The van der Waals surface area contributed by atoms with Crippen LogP contribution in [0.4, 0.5) is 0 Å². The van der Waals surface area contributed by atoms with Crippen molar-refractivity contribution >= 4 is 5.97 Å². The molecule has 0 saturated heterocycles. The molecule has 0 unspecified atom stereocenters. The van der Waals surface area contributed by atoms with Crippen LogP contribution in [0, 0.1) is 0 Å². The minimum atomic E-state index is -0.826. The summed E-state index contributed by atoms with van der Waals surface area (Å²) in [5, 5.41) is 0. The third-order valence-electron chi connectivity index (χ3n) is 5.21. The van der Waals surface area contributed by atoms with Gasteiger partial charge in [-0.25, -0.2) is 0 Å². The summed E-state index contributed by atoms with van der Waals surface area (Å²) in [6.45, 7) is 2.04. The molecule has 5 heteroatoms. The van der Waals surface area contributed by atoms with E-state index in [-0.39, 0.29) is 6.04 Å². The summed E-state index contributed by atoms with van der Waals surface area (Å²) >= 11 is 0. The molecule has 0 heterocycles. The van der Waals surface area contributed by atoms with Crippen molar-refractivity contribution < 1.29 is 14.3 Å². The Morgan fingerprint density at radius 1 is 0.806 bits per heavy atom. The molecule has 2 N–H and O–H groups in total. The lowest BCUT2D eigenvalue weighted by atomic mass is 10.0. The average molecular weight is 419 g/mol. The second kappa shape index (κ2) is 12.0.